The lowest BCUT2D eigenvalue weighted by molar-refractivity contribution is 0.211. The van der Waals surface area contributed by atoms with Gasteiger partial charge >= 0.3 is 6.03 Å². The molecule has 0 aliphatic carbocycles. The van der Waals surface area contributed by atoms with Crippen LogP contribution >= 0.6 is 0 Å². The third-order valence-corrected chi connectivity index (χ3v) is 3.41. The molecular weight excluding hydrogens is 250 g/mol. The number of para-hydroxylation sites is 1. The van der Waals surface area contributed by atoms with Gasteiger partial charge in [-0.2, -0.15) is 0 Å². The first kappa shape index (κ1) is 14.4. The summed E-state index contributed by atoms with van der Waals surface area (Å²) in [7, 11) is 1.99. The molecule has 0 atom stereocenters. The summed E-state index contributed by atoms with van der Waals surface area (Å²) >= 11 is 0. The fourth-order valence-corrected chi connectivity index (χ4v) is 2.49. The molecule has 20 heavy (non-hydrogen) atoms. The Morgan fingerprint density at radius 3 is 2.50 bits per heavy atom. The van der Waals surface area contributed by atoms with Crippen LogP contribution in [0.1, 0.15) is 26.7 Å². The minimum Gasteiger partial charge on any atom is -0.348 e. The Balaban J connectivity index is 2.20. The lowest BCUT2D eigenvalue weighted by Crippen LogP contribution is -2.36. The molecular formula is C16H23N3O. The summed E-state index contributed by atoms with van der Waals surface area (Å²) in [5, 5.41) is 4.12. The highest BCUT2D eigenvalue weighted by molar-refractivity contribution is 6.01. The number of benzene rings is 1. The molecule has 0 radical (unpaired) electrons. The second kappa shape index (κ2) is 6.46. The Kier molecular flexibility index (Phi) is 4.66. The number of nitrogens with zero attached hydrogens (tertiary/aromatic N) is 2. The molecule has 0 spiro atoms. The SMILES string of the molecule is CCCN(CCC)C(=O)Nc1cn(C)c2ccccc12. The van der Waals surface area contributed by atoms with Gasteiger partial charge in [-0.1, -0.05) is 32.0 Å². The van der Waals surface area contributed by atoms with Gasteiger partial charge in [-0.25, -0.2) is 4.79 Å². The first-order valence-corrected chi connectivity index (χ1v) is 7.27. The lowest BCUT2D eigenvalue weighted by atomic mass is 10.2. The molecule has 2 rings (SSSR count). The standard InChI is InChI=1S/C16H23N3O/c1-4-10-19(11-5-2)16(20)17-14-12-18(3)15-9-7-6-8-13(14)15/h6-9,12H,4-5,10-11H2,1-3H3,(H,17,20). The minimum absolute atomic E-state index is 0.00921. The van der Waals surface area contributed by atoms with E-state index >= 15 is 0 Å². The first-order chi connectivity index (χ1) is 9.67. The second-order valence-corrected chi connectivity index (χ2v) is 5.09. The maximum Gasteiger partial charge on any atom is 0.321 e. The van der Waals surface area contributed by atoms with Crippen LogP contribution < -0.4 is 5.32 Å². The van der Waals surface area contributed by atoms with E-state index in [0.29, 0.717) is 0 Å². The smallest absolute Gasteiger partial charge is 0.321 e. The highest BCUT2D eigenvalue weighted by Crippen LogP contribution is 2.25. The third-order valence-electron chi connectivity index (χ3n) is 3.41. The van der Waals surface area contributed by atoms with Crippen molar-refractivity contribution in [2.24, 2.45) is 7.05 Å². The number of carbonyl (C=O) groups is 1. The van der Waals surface area contributed by atoms with Gasteiger partial charge in [-0.05, 0) is 18.9 Å². The van der Waals surface area contributed by atoms with Gasteiger partial charge in [-0.15, -0.1) is 0 Å². The van der Waals surface area contributed by atoms with Crippen molar-refractivity contribution >= 4 is 22.6 Å². The Hall–Kier alpha value is -1.97. The Labute approximate surface area is 120 Å². The van der Waals surface area contributed by atoms with Gasteiger partial charge in [0, 0.05) is 37.2 Å². The van der Waals surface area contributed by atoms with E-state index in [1.807, 2.05) is 40.9 Å². The van der Waals surface area contributed by atoms with Crippen LogP contribution in [0.15, 0.2) is 30.5 Å². The van der Waals surface area contributed by atoms with E-state index < -0.39 is 0 Å². The molecule has 0 unspecified atom stereocenters. The van der Waals surface area contributed by atoms with Crippen LogP contribution in [0.3, 0.4) is 0 Å². The molecule has 0 fully saturated rings. The van der Waals surface area contributed by atoms with Crippen molar-refractivity contribution in [3.05, 3.63) is 30.5 Å². The molecule has 4 heteroatoms. The largest absolute Gasteiger partial charge is 0.348 e. The molecule has 1 N–H and O–H groups in total. The van der Waals surface area contributed by atoms with Crippen molar-refractivity contribution < 1.29 is 4.79 Å². The second-order valence-electron chi connectivity index (χ2n) is 5.09. The third kappa shape index (κ3) is 2.95. The number of fused-ring (bicyclic) bond motifs is 1. The van der Waals surface area contributed by atoms with Crippen LogP contribution in [0.2, 0.25) is 0 Å². The number of nitrogens with one attached hydrogen (secondary N) is 1. The maximum atomic E-state index is 12.4. The van der Waals surface area contributed by atoms with Crippen LogP contribution in [0, 0.1) is 0 Å². The van der Waals surface area contributed by atoms with Crippen molar-refractivity contribution in [2.75, 3.05) is 18.4 Å². The van der Waals surface area contributed by atoms with Crippen LogP contribution in [0.25, 0.3) is 10.9 Å². The number of aryl methyl sites for hydroxylation is 1. The Morgan fingerprint density at radius 2 is 1.85 bits per heavy atom. The summed E-state index contributed by atoms with van der Waals surface area (Å²) in [5.41, 5.74) is 2.01. The summed E-state index contributed by atoms with van der Waals surface area (Å²) in [6, 6.07) is 8.09. The number of rotatable bonds is 5. The average molecular weight is 273 g/mol. The van der Waals surface area contributed by atoms with E-state index in [9.17, 15) is 4.79 Å². The zero-order chi connectivity index (χ0) is 14.5. The topological polar surface area (TPSA) is 37.3 Å². The van der Waals surface area contributed by atoms with Gasteiger partial charge in [-0.3, -0.25) is 0 Å². The molecule has 1 aromatic heterocycles. The molecule has 1 aromatic carbocycles. The Morgan fingerprint density at radius 1 is 1.20 bits per heavy atom. The zero-order valence-electron chi connectivity index (χ0n) is 12.5. The maximum absolute atomic E-state index is 12.4. The normalized spacial score (nSPS) is 10.8. The molecule has 0 aliphatic heterocycles. The number of anilines is 1. The van der Waals surface area contributed by atoms with Crippen molar-refractivity contribution in [2.45, 2.75) is 26.7 Å². The van der Waals surface area contributed by atoms with Gasteiger partial charge in [0.1, 0.15) is 0 Å². The Bertz CT molecular complexity index is 582. The molecule has 108 valence electrons. The van der Waals surface area contributed by atoms with Crippen LogP contribution in [-0.2, 0) is 7.05 Å². The van der Waals surface area contributed by atoms with Crippen LogP contribution in [0.5, 0.6) is 0 Å². The van der Waals surface area contributed by atoms with E-state index in [-0.39, 0.29) is 6.03 Å². The van der Waals surface area contributed by atoms with Gasteiger partial charge in [0.25, 0.3) is 0 Å². The minimum atomic E-state index is -0.00921. The summed E-state index contributed by atoms with van der Waals surface area (Å²) in [5.74, 6) is 0. The van der Waals surface area contributed by atoms with E-state index in [1.54, 1.807) is 0 Å². The number of hydrogen-bond acceptors (Lipinski definition) is 1. The van der Waals surface area contributed by atoms with Gasteiger partial charge < -0.3 is 14.8 Å². The monoisotopic (exact) mass is 273 g/mol. The number of urea groups is 1. The van der Waals surface area contributed by atoms with E-state index in [4.69, 9.17) is 0 Å². The molecule has 1 heterocycles. The van der Waals surface area contributed by atoms with Gasteiger partial charge in [0.05, 0.1) is 5.69 Å². The van der Waals surface area contributed by atoms with Crippen molar-refractivity contribution in [3.63, 3.8) is 0 Å². The molecule has 4 nitrogen and oxygen atoms in total. The summed E-state index contributed by atoms with van der Waals surface area (Å²) in [6.45, 7) is 5.77. The fourth-order valence-electron chi connectivity index (χ4n) is 2.49. The highest BCUT2D eigenvalue weighted by Gasteiger charge is 2.14. The molecule has 2 aromatic rings. The number of aromatic nitrogens is 1. The average Bonchev–Trinajstić information content (AvgIpc) is 2.76. The molecule has 0 saturated heterocycles. The lowest BCUT2D eigenvalue weighted by Gasteiger charge is -2.21. The van der Waals surface area contributed by atoms with E-state index in [1.165, 1.54) is 0 Å². The predicted octanol–water partition coefficient (Wildman–Crippen LogP) is 3.83. The van der Waals surface area contributed by atoms with Crippen LogP contribution in [0.4, 0.5) is 10.5 Å². The summed E-state index contributed by atoms with van der Waals surface area (Å²) in [6.07, 6.45) is 3.92. The molecule has 0 aliphatic rings. The van der Waals surface area contributed by atoms with E-state index in [0.717, 1.165) is 42.5 Å². The molecule has 0 bridgehead atoms. The highest BCUT2D eigenvalue weighted by atomic mass is 16.2. The summed E-state index contributed by atoms with van der Waals surface area (Å²) < 4.78 is 2.04. The van der Waals surface area contributed by atoms with Crippen LogP contribution in [-0.4, -0.2) is 28.6 Å². The van der Waals surface area contributed by atoms with Crippen molar-refractivity contribution in [1.82, 2.24) is 9.47 Å². The van der Waals surface area contributed by atoms with Gasteiger partial charge in [0.15, 0.2) is 0 Å². The quantitative estimate of drug-likeness (QED) is 0.883. The zero-order valence-corrected chi connectivity index (χ0v) is 12.5. The van der Waals surface area contributed by atoms with Crippen molar-refractivity contribution in [1.29, 1.82) is 0 Å². The predicted molar refractivity (Wildman–Crippen MR) is 84.1 cm³/mol. The molecule has 0 saturated carbocycles. The fraction of sp³-hybridized carbons (Fsp3) is 0.438. The van der Waals surface area contributed by atoms with E-state index in [2.05, 4.69) is 25.2 Å². The summed E-state index contributed by atoms with van der Waals surface area (Å²) in [4.78, 5) is 14.2. The van der Waals surface area contributed by atoms with Gasteiger partial charge in [0.2, 0.25) is 0 Å². The number of carbonyl (C=O) groups excluding carboxylic acids is 1. The van der Waals surface area contributed by atoms with Crippen molar-refractivity contribution in [3.8, 4) is 0 Å². The number of amides is 2. The first-order valence-electron chi connectivity index (χ1n) is 7.27. The molecule has 2 amide bonds. The number of hydrogen-bond donors (Lipinski definition) is 1.